The first kappa shape index (κ1) is 14.1. The van der Waals surface area contributed by atoms with Gasteiger partial charge >= 0.3 is 11.0 Å². The van der Waals surface area contributed by atoms with Gasteiger partial charge in [0.1, 0.15) is 0 Å². The second kappa shape index (κ2) is 5.58. The maximum atomic E-state index is 11.9. The van der Waals surface area contributed by atoms with Crippen molar-refractivity contribution in [1.82, 2.24) is 4.90 Å². The van der Waals surface area contributed by atoms with Crippen LogP contribution in [0.5, 0.6) is 0 Å². The summed E-state index contributed by atoms with van der Waals surface area (Å²) in [4.78, 5) is 33.7. The largest absolute Gasteiger partial charge is 0.481 e. The molecular formula is C10H12N2O5S. The van der Waals surface area contributed by atoms with E-state index in [-0.39, 0.29) is 17.1 Å². The van der Waals surface area contributed by atoms with Crippen molar-refractivity contribution in [2.45, 2.75) is 6.92 Å². The van der Waals surface area contributed by atoms with Crippen LogP contribution in [0.1, 0.15) is 17.3 Å². The molecule has 0 aliphatic carbocycles. The molecule has 18 heavy (non-hydrogen) atoms. The van der Waals surface area contributed by atoms with Crippen LogP contribution in [0.25, 0.3) is 0 Å². The third-order valence-electron chi connectivity index (χ3n) is 2.33. The first-order valence-electron chi connectivity index (χ1n) is 5.04. The maximum Gasteiger partial charge on any atom is 0.324 e. The lowest BCUT2D eigenvalue weighted by molar-refractivity contribution is -0.380. The van der Waals surface area contributed by atoms with Gasteiger partial charge < -0.3 is 10.0 Å². The zero-order chi connectivity index (χ0) is 13.9. The molecule has 0 spiro atoms. The molecule has 0 aliphatic rings. The standard InChI is InChI=1S/C10H12N2O5S/c1-6(10(14)15)4-11(2)9(13)7-3-8(12(16)17)18-5-7/h3,5-6H,4H2,1-2H3,(H,14,15). The average Bonchev–Trinajstić information content (AvgIpc) is 2.76. The van der Waals surface area contributed by atoms with Gasteiger partial charge in [-0.3, -0.25) is 19.7 Å². The molecule has 1 aromatic rings. The Balaban J connectivity index is 2.74. The number of carbonyl (C=O) groups excluding carboxylic acids is 1. The Morgan fingerprint density at radius 1 is 1.61 bits per heavy atom. The van der Waals surface area contributed by atoms with Crippen LogP contribution in [0.2, 0.25) is 0 Å². The molecule has 0 fully saturated rings. The van der Waals surface area contributed by atoms with Gasteiger partial charge in [0.05, 0.1) is 16.4 Å². The minimum absolute atomic E-state index is 0.0534. The predicted octanol–water partition coefficient (Wildman–Crippen LogP) is 1.45. The summed E-state index contributed by atoms with van der Waals surface area (Å²) in [5.41, 5.74) is 0.201. The van der Waals surface area contributed by atoms with Gasteiger partial charge in [0, 0.05) is 25.0 Å². The van der Waals surface area contributed by atoms with Crippen LogP contribution in [-0.2, 0) is 4.79 Å². The minimum Gasteiger partial charge on any atom is -0.481 e. The summed E-state index contributed by atoms with van der Waals surface area (Å²) in [5, 5.41) is 20.5. The van der Waals surface area contributed by atoms with Gasteiger partial charge in [0.2, 0.25) is 0 Å². The van der Waals surface area contributed by atoms with Crippen molar-refractivity contribution >= 4 is 28.2 Å². The Bertz CT molecular complexity index is 484. The number of nitrogens with zero attached hydrogens (tertiary/aromatic N) is 2. The first-order chi connectivity index (χ1) is 8.32. The van der Waals surface area contributed by atoms with Crippen LogP contribution in [0.3, 0.4) is 0 Å². The number of nitro groups is 1. The summed E-state index contributed by atoms with van der Waals surface area (Å²) in [6.07, 6.45) is 0. The normalized spacial score (nSPS) is 11.9. The average molecular weight is 272 g/mol. The van der Waals surface area contributed by atoms with E-state index in [0.717, 1.165) is 11.3 Å². The van der Waals surface area contributed by atoms with Gasteiger partial charge in [-0.25, -0.2) is 0 Å². The molecule has 1 amide bonds. The highest BCUT2D eigenvalue weighted by atomic mass is 32.1. The van der Waals surface area contributed by atoms with E-state index in [1.807, 2.05) is 0 Å². The highest BCUT2D eigenvalue weighted by molar-refractivity contribution is 7.13. The summed E-state index contributed by atoms with van der Waals surface area (Å²) in [6.45, 7) is 1.54. The Morgan fingerprint density at radius 3 is 2.67 bits per heavy atom. The summed E-state index contributed by atoms with van der Waals surface area (Å²) in [6, 6.07) is 1.19. The zero-order valence-corrected chi connectivity index (χ0v) is 10.6. The van der Waals surface area contributed by atoms with Gasteiger partial charge in [-0.2, -0.15) is 0 Å². The van der Waals surface area contributed by atoms with Gasteiger partial charge in [-0.05, 0) is 0 Å². The second-order valence-electron chi connectivity index (χ2n) is 3.86. The van der Waals surface area contributed by atoms with Gasteiger partial charge in [-0.15, -0.1) is 0 Å². The van der Waals surface area contributed by atoms with E-state index in [2.05, 4.69) is 0 Å². The Morgan fingerprint density at radius 2 is 2.22 bits per heavy atom. The van der Waals surface area contributed by atoms with Crippen LogP contribution in [0.4, 0.5) is 5.00 Å². The fourth-order valence-corrected chi connectivity index (χ4v) is 2.02. The SMILES string of the molecule is CC(CN(C)C(=O)c1csc([N+](=O)[O-])c1)C(=O)O. The van der Waals surface area contributed by atoms with E-state index >= 15 is 0 Å². The molecule has 1 aromatic heterocycles. The third-order valence-corrected chi connectivity index (χ3v) is 3.21. The Kier molecular flexibility index (Phi) is 4.38. The quantitative estimate of drug-likeness (QED) is 0.645. The highest BCUT2D eigenvalue weighted by Crippen LogP contribution is 2.23. The zero-order valence-electron chi connectivity index (χ0n) is 9.82. The van der Waals surface area contributed by atoms with Gasteiger partial charge in [-0.1, -0.05) is 18.3 Å². The number of thiophene rings is 1. The fourth-order valence-electron chi connectivity index (χ4n) is 1.32. The molecule has 0 aromatic carbocycles. The fraction of sp³-hybridized carbons (Fsp3) is 0.400. The molecule has 1 rings (SSSR count). The van der Waals surface area contributed by atoms with E-state index in [1.165, 1.54) is 30.3 Å². The smallest absolute Gasteiger partial charge is 0.324 e. The molecule has 0 saturated heterocycles. The lowest BCUT2D eigenvalue weighted by atomic mass is 10.1. The number of aliphatic carboxylic acids is 1. The van der Waals surface area contributed by atoms with E-state index in [9.17, 15) is 19.7 Å². The topological polar surface area (TPSA) is 101 Å². The Labute approximate surface area is 107 Å². The monoisotopic (exact) mass is 272 g/mol. The van der Waals surface area contributed by atoms with Crippen LogP contribution in [-0.4, -0.2) is 40.4 Å². The number of hydrogen-bond donors (Lipinski definition) is 1. The van der Waals surface area contributed by atoms with Crippen LogP contribution in [0, 0.1) is 16.0 Å². The molecule has 1 atom stereocenters. The van der Waals surface area contributed by atoms with E-state index in [0.29, 0.717) is 0 Å². The number of carbonyl (C=O) groups is 2. The van der Waals surface area contributed by atoms with Crippen molar-refractivity contribution in [1.29, 1.82) is 0 Å². The molecule has 7 nitrogen and oxygen atoms in total. The van der Waals surface area contributed by atoms with Gasteiger partial charge in [0.25, 0.3) is 5.91 Å². The van der Waals surface area contributed by atoms with Gasteiger partial charge in [0.15, 0.2) is 0 Å². The molecule has 0 aliphatic heterocycles. The molecule has 0 saturated carbocycles. The molecule has 0 bridgehead atoms. The number of amides is 1. The molecular weight excluding hydrogens is 260 g/mol. The van der Waals surface area contributed by atoms with E-state index in [1.54, 1.807) is 0 Å². The van der Waals surface area contributed by atoms with Crippen LogP contribution in [0.15, 0.2) is 11.4 Å². The molecule has 0 radical (unpaired) electrons. The molecule has 98 valence electrons. The van der Waals surface area contributed by atoms with Crippen LogP contribution < -0.4 is 0 Å². The summed E-state index contributed by atoms with van der Waals surface area (Å²) < 4.78 is 0. The number of carboxylic acids is 1. The summed E-state index contributed by atoms with van der Waals surface area (Å²) >= 11 is 0.866. The summed E-state index contributed by atoms with van der Waals surface area (Å²) in [7, 11) is 1.46. The van der Waals surface area contributed by atoms with Crippen molar-refractivity contribution in [3.8, 4) is 0 Å². The number of rotatable bonds is 5. The van der Waals surface area contributed by atoms with E-state index < -0.39 is 22.7 Å². The van der Waals surface area contributed by atoms with E-state index in [4.69, 9.17) is 5.11 Å². The highest BCUT2D eigenvalue weighted by Gasteiger charge is 2.21. The number of hydrogen-bond acceptors (Lipinski definition) is 5. The summed E-state index contributed by atoms with van der Waals surface area (Å²) in [5.74, 6) is -2.11. The van der Waals surface area contributed by atoms with Crippen molar-refractivity contribution in [3.63, 3.8) is 0 Å². The first-order valence-corrected chi connectivity index (χ1v) is 5.92. The van der Waals surface area contributed by atoms with Crippen molar-refractivity contribution in [2.24, 2.45) is 5.92 Å². The van der Waals surface area contributed by atoms with Crippen molar-refractivity contribution in [2.75, 3.05) is 13.6 Å². The Hall–Kier alpha value is -1.96. The van der Waals surface area contributed by atoms with Crippen molar-refractivity contribution in [3.05, 3.63) is 27.1 Å². The lowest BCUT2D eigenvalue weighted by Crippen LogP contribution is -2.33. The van der Waals surface area contributed by atoms with Crippen molar-refractivity contribution < 1.29 is 19.6 Å². The molecule has 1 N–H and O–H groups in total. The maximum absolute atomic E-state index is 11.9. The molecule has 8 heteroatoms. The van der Waals surface area contributed by atoms with Crippen LogP contribution >= 0.6 is 11.3 Å². The minimum atomic E-state index is -0.994. The third kappa shape index (κ3) is 3.27. The number of carboxylic acid groups (broad SMARTS) is 1. The molecule has 1 heterocycles. The second-order valence-corrected chi connectivity index (χ2v) is 4.75. The predicted molar refractivity (Wildman–Crippen MR) is 64.7 cm³/mol. The lowest BCUT2D eigenvalue weighted by Gasteiger charge is -2.18. The molecule has 1 unspecified atom stereocenters.